The van der Waals surface area contributed by atoms with Crippen molar-refractivity contribution >= 4 is 11.6 Å². The summed E-state index contributed by atoms with van der Waals surface area (Å²) in [6, 6.07) is 0. The molecule has 3 saturated carbocycles. The molecule has 0 heterocycles. The third-order valence-electron chi connectivity index (χ3n) is 8.39. The Morgan fingerprint density at radius 2 is 1.81 bits per heavy atom. The highest BCUT2D eigenvalue weighted by atomic mass is 16.3. The lowest BCUT2D eigenvalue weighted by Gasteiger charge is -2.60. The highest BCUT2D eigenvalue weighted by Crippen LogP contribution is 2.67. The first-order chi connectivity index (χ1) is 12.1. The van der Waals surface area contributed by atoms with Gasteiger partial charge in [-0.1, -0.05) is 19.9 Å². The van der Waals surface area contributed by atoms with Crippen LogP contribution in [0.4, 0.5) is 0 Å². The number of carbonyl (C=O) groups is 2. The summed E-state index contributed by atoms with van der Waals surface area (Å²) >= 11 is 0. The van der Waals surface area contributed by atoms with Crippen molar-refractivity contribution in [1.82, 2.24) is 0 Å². The zero-order valence-corrected chi connectivity index (χ0v) is 15.6. The van der Waals surface area contributed by atoms with Crippen LogP contribution < -0.4 is 0 Å². The number of allylic oxidation sites excluding steroid dienone is 3. The van der Waals surface area contributed by atoms with Crippen LogP contribution >= 0.6 is 0 Å². The van der Waals surface area contributed by atoms with E-state index < -0.39 is 28.6 Å². The lowest BCUT2D eigenvalue weighted by molar-refractivity contribution is -0.175. The third kappa shape index (κ3) is 1.97. The fourth-order valence-corrected chi connectivity index (χ4v) is 6.81. The molecule has 142 valence electrons. The van der Waals surface area contributed by atoms with E-state index in [4.69, 9.17) is 0 Å². The third-order valence-corrected chi connectivity index (χ3v) is 8.39. The quantitative estimate of drug-likeness (QED) is 0.660. The number of aliphatic hydroxyl groups excluding tert-OH is 2. The van der Waals surface area contributed by atoms with Crippen molar-refractivity contribution in [3.8, 4) is 0 Å². The molecule has 3 fully saturated rings. The van der Waals surface area contributed by atoms with Crippen LogP contribution in [0, 0.1) is 28.6 Å². The van der Waals surface area contributed by atoms with Crippen LogP contribution in [0.25, 0.3) is 0 Å². The molecule has 4 aliphatic carbocycles. The van der Waals surface area contributed by atoms with Gasteiger partial charge in [0.15, 0.2) is 11.6 Å². The average molecular weight is 360 g/mol. The summed E-state index contributed by atoms with van der Waals surface area (Å²) in [6.45, 7) is 5.45. The van der Waals surface area contributed by atoms with Gasteiger partial charge in [-0.15, -0.1) is 0 Å². The first kappa shape index (κ1) is 18.1. The highest BCUT2D eigenvalue weighted by molar-refractivity contribution is 6.01. The van der Waals surface area contributed by atoms with E-state index in [1.807, 2.05) is 19.9 Å². The van der Waals surface area contributed by atoms with E-state index in [1.54, 1.807) is 6.08 Å². The number of carbonyl (C=O) groups excluding carboxylic acids is 2. The first-order valence-electron chi connectivity index (χ1n) is 9.61. The predicted molar refractivity (Wildman–Crippen MR) is 95.0 cm³/mol. The summed E-state index contributed by atoms with van der Waals surface area (Å²) in [6.07, 6.45) is 5.33. The lowest BCUT2D eigenvalue weighted by Crippen LogP contribution is -2.62. The molecule has 4 aliphatic rings. The van der Waals surface area contributed by atoms with E-state index in [2.05, 4.69) is 0 Å². The highest BCUT2D eigenvalue weighted by Gasteiger charge is 2.67. The minimum atomic E-state index is -1.36. The molecule has 8 atom stereocenters. The second-order valence-corrected chi connectivity index (χ2v) is 9.26. The summed E-state index contributed by atoms with van der Waals surface area (Å²) < 4.78 is 0. The average Bonchev–Trinajstić information content (AvgIpc) is 2.87. The Hall–Kier alpha value is -1.30. The van der Waals surface area contributed by atoms with Crippen LogP contribution in [-0.2, 0) is 9.59 Å². The Morgan fingerprint density at radius 1 is 1.15 bits per heavy atom. The Morgan fingerprint density at radius 3 is 2.46 bits per heavy atom. The van der Waals surface area contributed by atoms with Crippen molar-refractivity contribution in [1.29, 1.82) is 0 Å². The van der Waals surface area contributed by atoms with Crippen molar-refractivity contribution in [2.45, 2.75) is 64.3 Å². The van der Waals surface area contributed by atoms with Crippen molar-refractivity contribution in [2.75, 3.05) is 0 Å². The monoisotopic (exact) mass is 360 g/mol. The minimum Gasteiger partial charge on any atom is -0.390 e. The molecule has 4 rings (SSSR count). The van der Waals surface area contributed by atoms with Crippen LogP contribution in [0.3, 0.4) is 0 Å². The number of ketones is 2. The van der Waals surface area contributed by atoms with Crippen LogP contribution in [-0.4, -0.2) is 44.7 Å². The molecule has 0 aliphatic heterocycles. The summed E-state index contributed by atoms with van der Waals surface area (Å²) in [5, 5.41) is 32.9. The molecular formula is C21H28O5. The Balaban J connectivity index is 1.80. The van der Waals surface area contributed by atoms with Gasteiger partial charge in [0.25, 0.3) is 0 Å². The Labute approximate surface area is 153 Å². The van der Waals surface area contributed by atoms with Gasteiger partial charge in [0.1, 0.15) is 11.7 Å². The maximum Gasteiger partial charge on any atom is 0.178 e. The van der Waals surface area contributed by atoms with Crippen LogP contribution in [0.5, 0.6) is 0 Å². The molecule has 5 nitrogen and oxygen atoms in total. The van der Waals surface area contributed by atoms with Crippen LogP contribution in [0.15, 0.2) is 23.8 Å². The summed E-state index contributed by atoms with van der Waals surface area (Å²) in [5.41, 5.74) is -1.83. The number of aliphatic hydroxyl groups is 3. The standard InChI is InChI=1S/C21H28O5/c1-11(22)21(26)9-6-14-16-13(5-8-20(14,21)3)19(2)7-4-12(23)10-15(19)17(24)18(16)25/h4,7,10,13-14,16-18,24-26H,5-6,8-9H2,1-3H3/t13-,14-,16+,17-,18-,19+,20-,21-/m0/s1. The SMILES string of the molecule is CC(=O)[C@@]1(O)CC[C@H]2[C@@H]3[C@H](O)[C@@H](O)C4=CC(=O)C=C[C@]4(C)[C@H]3CC[C@@]21C. The summed E-state index contributed by atoms with van der Waals surface area (Å²) in [7, 11) is 0. The van der Waals surface area contributed by atoms with Gasteiger partial charge < -0.3 is 15.3 Å². The largest absolute Gasteiger partial charge is 0.390 e. The Bertz CT molecular complexity index is 739. The Kier molecular flexibility index (Phi) is 3.73. The van der Waals surface area contributed by atoms with Crippen molar-refractivity contribution < 1.29 is 24.9 Å². The maximum absolute atomic E-state index is 12.2. The van der Waals surface area contributed by atoms with Crippen molar-refractivity contribution in [3.05, 3.63) is 23.8 Å². The van der Waals surface area contributed by atoms with Gasteiger partial charge in [-0.05, 0) is 68.1 Å². The van der Waals surface area contributed by atoms with Crippen LogP contribution in [0.2, 0.25) is 0 Å². The topological polar surface area (TPSA) is 94.8 Å². The maximum atomic E-state index is 12.2. The van der Waals surface area contributed by atoms with E-state index in [0.29, 0.717) is 24.8 Å². The second-order valence-electron chi connectivity index (χ2n) is 9.26. The molecule has 0 aromatic rings. The molecule has 0 saturated heterocycles. The van der Waals surface area contributed by atoms with E-state index >= 15 is 0 Å². The zero-order chi connectivity index (χ0) is 19.1. The van der Waals surface area contributed by atoms with E-state index in [0.717, 1.165) is 6.42 Å². The molecule has 0 radical (unpaired) electrons. The number of rotatable bonds is 1. The zero-order valence-electron chi connectivity index (χ0n) is 15.6. The molecule has 0 aromatic heterocycles. The molecule has 3 N–H and O–H groups in total. The van der Waals surface area contributed by atoms with Gasteiger partial charge in [0.2, 0.25) is 0 Å². The van der Waals surface area contributed by atoms with Crippen molar-refractivity contribution in [2.24, 2.45) is 28.6 Å². The second kappa shape index (κ2) is 5.37. The first-order valence-corrected chi connectivity index (χ1v) is 9.61. The van der Waals surface area contributed by atoms with Gasteiger partial charge in [-0.25, -0.2) is 0 Å². The molecule has 0 aromatic carbocycles. The summed E-state index contributed by atoms with van der Waals surface area (Å²) in [5.74, 6) is -0.540. The number of hydrogen-bond acceptors (Lipinski definition) is 5. The van der Waals surface area contributed by atoms with Gasteiger partial charge in [-0.3, -0.25) is 9.59 Å². The molecule has 0 bridgehead atoms. The van der Waals surface area contributed by atoms with Crippen molar-refractivity contribution in [3.63, 3.8) is 0 Å². The number of hydrogen-bond donors (Lipinski definition) is 3. The van der Waals surface area contributed by atoms with Crippen LogP contribution in [0.1, 0.15) is 46.5 Å². The molecule has 0 spiro atoms. The normalized spacial score (nSPS) is 52.8. The van der Waals surface area contributed by atoms with E-state index in [-0.39, 0.29) is 29.3 Å². The molecule has 5 heteroatoms. The summed E-state index contributed by atoms with van der Waals surface area (Å²) in [4.78, 5) is 24.1. The molecule has 0 amide bonds. The predicted octanol–water partition coefficient (Wildman–Crippen LogP) is 1.56. The number of fused-ring (bicyclic) bond motifs is 5. The van der Waals surface area contributed by atoms with Gasteiger partial charge in [-0.2, -0.15) is 0 Å². The minimum absolute atomic E-state index is 0.0378. The van der Waals surface area contributed by atoms with E-state index in [9.17, 15) is 24.9 Å². The lowest BCUT2D eigenvalue weighted by atomic mass is 9.46. The fraction of sp³-hybridized carbons (Fsp3) is 0.714. The van der Waals surface area contributed by atoms with Gasteiger partial charge in [0, 0.05) is 10.8 Å². The molecular weight excluding hydrogens is 332 g/mol. The smallest absolute Gasteiger partial charge is 0.178 e. The molecule has 26 heavy (non-hydrogen) atoms. The molecule has 0 unspecified atom stereocenters. The van der Waals surface area contributed by atoms with Gasteiger partial charge in [0.05, 0.1) is 6.10 Å². The van der Waals surface area contributed by atoms with Gasteiger partial charge >= 0.3 is 0 Å². The number of Topliss-reactive ketones (excluding diaryl/α,β-unsaturated/α-hetero) is 1. The fourth-order valence-electron chi connectivity index (χ4n) is 6.81. The van der Waals surface area contributed by atoms with E-state index in [1.165, 1.54) is 13.0 Å².